The van der Waals surface area contributed by atoms with Gasteiger partial charge in [0, 0.05) is 13.6 Å². The van der Waals surface area contributed by atoms with Gasteiger partial charge in [0.1, 0.15) is 0 Å². The Kier molecular flexibility index (Phi) is 4.61. The molecule has 0 radical (unpaired) electrons. The average Bonchev–Trinajstić information content (AvgIpc) is 2.60. The van der Waals surface area contributed by atoms with Crippen LogP contribution in [0.5, 0.6) is 0 Å². The number of aryl methyl sites for hydroxylation is 3. The van der Waals surface area contributed by atoms with Crippen molar-refractivity contribution in [3.63, 3.8) is 0 Å². The van der Waals surface area contributed by atoms with E-state index in [9.17, 15) is 0 Å². The van der Waals surface area contributed by atoms with Crippen molar-refractivity contribution in [2.45, 2.75) is 26.8 Å². The molecule has 19 heavy (non-hydrogen) atoms. The predicted molar refractivity (Wildman–Crippen MR) is 79.5 cm³/mol. The minimum absolute atomic E-state index is 0.752. The van der Waals surface area contributed by atoms with Crippen LogP contribution in [0, 0.1) is 13.8 Å². The highest BCUT2D eigenvalue weighted by molar-refractivity contribution is 6.31. The SMILES string of the molecule is Cc1cccc(CCNCc2c(Cl)c(C)nn2C)c1. The van der Waals surface area contributed by atoms with Gasteiger partial charge in [-0.15, -0.1) is 0 Å². The molecular weight excluding hydrogens is 258 g/mol. The smallest absolute Gasteiger partial charge is 0.0860 e. The summed E-state index contributed by atoms with van der Waals surface area (Å²) in [5.74, 6) is 0. The number of rotatable bonds is 5. The molecule has 0 atom stereocenters. The third kappa shape index (κ3) is 3.58. The maximum Gasteiger partial charge on any atom is 0.0860 e. The summed E-state index contributed by atoms with van der Waals surface area (Å²) in [6.07, 6.45) is 1.02. The molecular formula is C15H20ClN3. The Morgan fingerprint density at radius 1 is 1.32 bits per heavy atom. The van der Waals surface area contributed by atoms with Gasteiger partial charge < -0.3 is 5.32 Å². The number of aromatic nitrogens is 2. The van der Waals surface area contributed by atoms with Gasteiger partial charge >= 0.3 is 0 Å². The zero-order valence-electron chi connectivity index (χ0n) is 11.7. The molecule has 102 valence electrons. The highest BCUT2D eigenvalue weighted by atomic mass is 35.5. The van der Waals surface area contributed by atoms with Gasteiger partial charge in [0.2, 0.25) is 0 Å². The Hall–Kier alpha value is -1.32. The number of nitrogens with zero attached hydrogens (tertiary/aromatic N) is 2. The van der Waals surface area contributed by atoms with Crippen molar-refractivity contribution >= 4 is 11.6 Å². The third-order valence-corrected chi connectivity index (χ3v) is 3.72. The monoisotopic (exact) mass is 277 g/mol. The van der Waals surface area contributed by atoms with E-state index in [4.69, 9.17) is 11.6 Å². The summed E-state index contributed by atoms with van der Waals surface area (Å²) < 4.78 is 1.84. The molecule has 0 aliphatic heterocycles. The molecule has 0 bridgehead atoms. The van der Waals surface area contributed by atoms with Gasteiger partial charge in [-0.2, -0.15) is 5.10 Å². The van der Waals surface area contributed by atoms with Crippen molar-refractivity contribution < 1.29 is 0 Å². The number of hydrogen-bond donors (Lipinski definition) is 1. The van der Waals surface area contributed by atoms with Crippen molar-refractivity contribution in [1.82, 2.24) is 15.1 Å². The van der Waals surface area contributed by atoms with E-state index < -0.39 is 0 Å². The molecule has 1 N–H and O–H groups in total. The van der Waals surface area contributed by atoms with Gasteiger partial charge in [0.15, 0.2) is 0 Å². The molecule has 0 aliphatic rings. The highest BCUT2D eigenvalue weighted by Gasteiger charge is 2.09. The van der Waals surface area contributed by atoms with Crippen molar-refractivity contribution in [3.05, 3.63) is 51.8 Å². The predicted octanol–water partition coefficient (Wildman–Crippen LogP) is 3.02. The normalized spacial score (nSPS) is 10.9. The van der Waals surface area contributed by atoms with Crippen LogP contribution in [0.2, 0.25) is 5.02 Å². The van der Waals surface area contributed by atoms with Crippen LogP contribution in [0.15, 0.2) is 24.3 Å². The molecule has 4 heteroatoms. The molecule has 3 nitrogen and oxygen atoms in total. The van der Waals surface area contributed by atoms with Crippen molar-refractivity contribution in [2.24, 2.45) is 7.05 Å². The second kappa shape index (κ2) is 6.22. The molecule has 2 rings (SSSR count). The fraction of sp³-hybridized carbons (Fsp3) is 0.400. The van der Waals surface area contributed by atoms with E-state index in [2.05, 4.69) is 41.6 Å². The van der Waals surface area contributed by atoms with Gasteiger partial charge in [-0.3, -0.25) is 4.68 Å². The van der Waals surface area contributed by atoms with Crippen LogP contribution in [-0.4, -0.2) is 16.3 Å². The Morgan fingerprint density at radius 2 is 2.11 bits per heavy atom. The lowest BCUT2D eigenvalue weighted by Crippen LogP contribution is -2.18. The van der Waals surface area contributed by atoms with Crippen LogP contribution in [0.4, 0.5) is 0 Å². The Balaban J connectivity index is 1.84. The van der Waals surface area contributed by atoms with Crippen LogP contribution >= 0.6 is 11.6 Å². The number of nitrogens with one attached hydrogen (secondary N) is 1. The van der Waals surface area contributed by atoms with Gasteiger partial charge in [-0.25, -0.2) is 0 Å². The average molecular weight is 278 g/mol. The number of benzene rings is 1. The first kappa shape index (κ1) is 14.1. The van der Waals surface area contributed by atoms with Crippen molar-refractivity contribution in [3.8, 4) is 0 Å². The molecule has 0 aliphatic carbocycles. The molecule has 0 amide bonds. The second-order valence-corrected chi connectivity index (χ2v) is 5.26. The summed E-state index contributed by atoms with van der Waals surface area (Å²) >= 11 is 6.21. The summed E-state index contributed by atoms with van der Waals surface area (Å²) in [6.45, 7) is 5.74. The molecule has 0 fully saturated rings. The van der Waals surface area contributed by atoms with Crippen LogP contribution in [0.3, 0.4) is 0 Å². The maximum atomic E-state index is 6.21. The number of hydrogen-bond acceptors (Lipinski definition) is 2. The van der Waals surface area contributed by atoms with Crippen LogP contribution in [0.25, 0.3) is 0 Å². The molecule has 0 saturated carbocycles. The molecule has 0 spiro atoms. The minimum atomic E-state index is 0.752. The van der Waals surface area contributed by atoms with E-state index in [1.165, 1.54) is 11.1 Å². The van der Waals surface area contributed by atoms with Gasteiger partial charge in [-0.1, -0.05) is 41.4 Å². The molecule has 0 unspecified atom stereocenters. The zero-order valence-corrected chi connectivity index (χ0v) is 12.5. The minimum Gasteiger partial charge on any atom is -0.311 e. The third-order valence-electron chi connectivity index (χ3n) is 3.23. The standard InChI is InChI=1S/C15H20ClN3/c1-11-5-4-6-13(9-11)7-8-17-10-14-15(16)12(2)18-19(14)3/h4-6,9,17H,7-8,10H2,1-3H3. The Labute approximate surface area is 119 Å². The fourth-order valence-electron chi connectivity index (χ4n) is 2.18. The van der Waals surface area contributed by atoms with Gasteiger partial charge in [-0.05, 0) is 32.4 Å². The molecule has 1 aromatic carbocycles. The first-order chi connectivity index (χ1) is 9.08. The van der Waals surface area contributed by atoms with Gasteiger partial charge in [0.05, 0.1) is 16.4 Å². The van der Waals surface area contributed by atoms with E-state index in [0.29, 0.717) is 0 Å². The van der Waals surface area contributed by atoms with Crippen molar-refractivity contribution in [1.29, 1.82) is 0 Å². The summed E-state index contributed by atoms with van der Waals surface area (Å²) in [5, 5.41) is 8.49. The first-order valence-corrected chi connectivity index (χ1v) is 6.90. The lowest BCUT2D eigenvalue weighted by atomic mass is 10.1. The molecule has 1 heterocycles. The second-order valence-electron chi connectivity index (χ2n) is 4.89. The maximum absolute atomic E-state index is 6.21. The summed E-state index contributed by atoms with van der Waals surface area (Å²) in [6, 6.07) is 8.61. The highest BCUT2D eigenvalue weighted by Crippen LogP contribution is 2.18. The largest absolute Gasteiger partial charge is 0.311 e. The van der Waals surface area contributed by atoms with E-state index in [-0.39, 0.29) is 0 Å². The quantitative estimate of drug-likeness (QED) is 0.852. The molecule has 2 aromatic rings. The summed E-state index contributed by atoms with van der Waals surface area (Å²) in [4.78, 5) is 0. The zero-order chi connectivity index (χ0) is 13.8. The molecule has 1 aromatic heterocycles. The van der Waals surface area contributed by atoms with E-state index >= 15 is 0 Å². The molecule has 0 saturated heterocycles. The fourth-order valence-corrected chi connectivity index (χ4v) is 2.41. The Bertz CT molecular complexity index is 561. The first-order valence-electron chi connectivity index (χ1n) is 6.52. The van der Waals surface area contributed by atoms with E-state index in [1.807, 2.05) is 18.7 Å². The summed E-state index contributed by atoms with van der Waals surface area (Å²) in [7, 11) is 1.93. The topological polar surface area (TPSA) is 29.9 Å². The van der Waals surface area contributed by atoms with Crippen LogP contribution < -0.4 is 5.32 Å². The number of halogens is 1. The Morgan fingerprint density at radius 3 is 2.74 bits per heavy atom. The van der Waals surface area contributed by atoms with E-state index in [1.54, 1.807) is 0 Å². The lowest BCUT2D eigenvalue weighted by Gasteiger charge is -2.06. The van der Waals surface area contributed by atoms with Gasteiger partial charge in [0.25, 0.3) is 0 Å². The summed E-state index contributed by atoms with van der Waals surface area (Å²) in [5.41, 5.74) is 4.60. The van der Waals surface area contributed by atoms with E-state index in [0.717, 1.165) is 35.9 Å². The lowest BCUT2D eigenvalue weighted by molar-refractivity contribution is 0.624. The van der Waals surface area contributed by atoms with Crippen molar-refractivity contribution in [2.75, 3.05) is 6.54 Å². The van der Waals surface area contributed by atoms with Crippen LogP contribution in [-0.2, 0) is 20.0 Å². The van der Waals surface area contributed by atoms with Crippen LogP contribution in [0.1, 0.15) is 22.5 Å².